The Hall–Kier alpha value is -3.26. The van der Waals surface area contributed by atoms with Gasteiger partial charge in [-0.05, 0) is 60.9 Å². The summed E-state index contributed by atoms with van der Waals surface area (Å²) >= 11 is 0. The first kappa shape index (κ1) is 18.5. The molecule has 0 radical (unpaired) electrons. The predicted octanol–water partition coefficient (Wildman–Crippen LogP) is 2.27. The van der Waals surface area contributed by atoms with Gasteiger partial charge in [0.1, 0.15) is 0 Å². The molecule has 0 aliphatic rings. The minimum absolute atomic E-state index is 0.0136. The van der Waals surface area contributed by atoms with Crippen LogP contribution < -0.4 is 11.5 Å². The number of aryl methyl sites for hydroxylation is 2. The number of carbonyl (C=O) groups excluding carboxylic acids is 1. The van der Waals surface area contributed by atoms with Crippen LogP contribution in [0.2, 0.25) is 0 Å². The number of carbonyl (C=O) groups is 1. The second-order valence-electron chi connectivity index (χ2n) is 6.21. The van der Waals surface area contributed by atoms with E-state index < -0.39 is 15.7 Å². The predicted molar refractivity (Wildman–Crippen MR) is 102 cm³/mol. The molecule has 8 heteroatoms. The molecule has 3 rings (SSSR count). The van der Waals surface area contributed by atoms with E-state index in [-0.39, 0.29) is 21.3 Å². The van der Waals surface area contributed by atoms with Crippen molar-refractivity contribution in [2.45, 2.75) is 23.6 Å². The molecule has 0 aliphatic heterocycles. The van der Waals surface area contributed by atoms with E-state index >= 15 is 0 Å². The van der Waals surface area contributed by atoms with Crippen molar-refractivity contribution < 1.29 is 13.2 Å². The maximum Gasteiger partial charge on any atom is 0.248 e. The third-order valence-electron chi connectivity index (χ3n) is 4.15. The lowest BCUT2D eigenvalue weighted by atomic mass is 10.0. The summed E-state index contributed by atoms with van der Waals surface area (Å²) in [5.74, 6) is -0.544. The van der Waals surface area contributed by atoms with Crippen molar-refractivity contribution in [2.75, 3.05) is 5.73 Å². The van der Waals surface area contributed by atoms with Crippen molar-refractivity contribution in [3.63, 3.8) is 0 Å². The maximum atomic E-state index is 13.1. The van der Waals surface area contributed by atoms with E-state index in [0.717, 1.165) is 5.56 Å². The highest BCUT2D eigenvalue weighted by atomic mass is 32.2. The van der Waals surface area contributed by atoms with Gasteiger partial charge in [-0.2, -0.15) is 0 Å². The number of hydrogen-bond acceptors (Lipinski definition) is 6. The second kappa shape index (κ2) is 6.81. The standard InChI is InChI=1S/C19H18N4O3S/c1-11-5-13(18(20)24)7-16(6-11)27(25,26)15-4-3-12(2)17(8-15)14-9-22-19(21)23-10-14/h3-10H,1-2H3,(H2,20,24)(H2,21,22,23). The summed E-state index contributed by atoms with van der Waals surface area (Å²) in [7, 11) is -3.85. The van der Waals surface area contributed by atoms with Crippen molar-refractivity contribution in [3.8, 4) is 11.1 Å². The van der Waals surface area contributed by atoms with Crippen LogP contribution >= 0.6 is 0 Å². The van der Waals surface area contributed by atoms with Crippen molar-refractivity contribution in [1.29, 1.82) is 0 Å². The summed E-state index contributed by atoms with van der Waals surface area (Å²) in [4.78, 5) is 19.5. The summed E-state index contributed by atoms with van der Waals surface area (Å²) < 4.78 is 26.2. The molecule has 138 valence electrons. The Kier molecular flexibility index (Phi) is 4.67. The Bertz CT molecular complexity index is 1140. The number of amides is 1. The largest absolute Gasteiger partial charge is 0.368 e. The smallest absolute Gasteiger partial charge is 0.248 e. The summed E-state index contributed by atoms with van der Waals surface area (Å²) in [6.45, 7) is 3.57. The molecule has 0 aliphatic carbocycles. The van der Waals surface area contributed by atoms with Gasteiger partial charge in [0.05, 0.1) is 9.79 Å². The van der Waals surface area contributed by atoms with E-state index in [1.807, 2.05) is 6.92 Å². The molecule has 3 aromatic rings. The SMILES string of the molecule is Cc1cc(C(N)=O)cc(S(=O)(=O)c2ccc(C)c(-c3cnc(N)nc3)c2)c1. The first-order chi connectivity index (χ1) is 12.7. The van der Waals surface area contributed by atoms with Gasteiger partial charge in [0.2, 0.25) is 21.7 Å². The molecular formula is C19H18N4O3S. The number of nitrogens with two attached hydrogens (primary N) is 2. The zero-order valence-corrected chi connectivity index (χ0v) is 15.6. The lowest BCUT2D eigenvalue weighted by Crippen LogP contribution is -2.13. The monoisotopic (exact) mass is 382 g/mol. The molecule has 2 aromatic carbocycles. The summed E-state index contributed by atoms with van der Waals surface area (Å²) in [5.41, 5.74) is 13.8. The van der Waals surface area contributed by atoms with E-state index in [4.69, 9.17) is 11.5 Å². The van der Waals surface area contributed by atoms with E-state index in [0.29, 0.717) is 16.7 Å². The number of benzene rings is 2. The molecule has 27 heavy (non-hydrogen) atoms. The fourth-order valence-corrected chi connectivity index (χ4v) is 4.15. The molecule has 0 spiro atoms. The molecule has 4 N–H and O–H groups in total. The Morgan fingerprint density at radius 2 is 1.63 bits per heavy atom. The van der Waals surface area contributed by atoms with Crippen molar-refractivity contribution in [2.24, 2.45) is 5.73 Å². The molecule has 1 aromatic heterocycles. The third kappa shape index (κ3) is 3.65. The van der Waals surface area contributed by atoms with Crippen LogP contribution in [0, 0.1) is 13.8 Å². The molecule has 1 heterocycles. The van der Waals surface area contributed by atoms with Crippen LogP contribution in [0.25, 0.3) is 11.1 Å². The highest BCUT2D eigenvalue weighted by Crippen LogP contribution is 2.29. The lowest BCUT2D eigenvalue weighted by Gasteiger charge is -2.11. The molecule has 0 saturated heterocycles. The van der Waals surface area contributed by atoms with Crippen molar-refractivity contribution >= 4 is 21.7 Å². The van der Waals surface area contributed by atoms with Gasteiger partial charge < -0.3 is 11.5 Å². The minimum Gasteiger partial charge on any atom is -0.368 e. The van der Waals surface area contributed by atoms with Crippen LogP contribution in [0.3, 0.4) is 0 Å². The number of sulfone groups is 1. The average molecular weight is 382 g/mol. The maximum absolute atomic E-state index is 13.1. The fraction of sp³-hybridized carbons (Fsp3) is 0.105. The number of primary amides is 1. The minimum atomic E-state index is -3.85. The molecule has 7 nitrogen and oxygen atoms in total. The second-order valence-corrected chi connectivity index (χ2v) is 8.16. The Labute approximate surface area is 157 Å². The van der Waals surface area contributed by atoms with E-state index in [1.54, 1.807) is 37.5 Å². The third-order valence-corrected chi connectivity index (χ3v) is 5.88. The summed E-state index contributed by atoms with van der Waals surface area (Å²) in [6, 6.07) is 9.14. The van der Waals surface area contributed by atoms with Crippen LogP contribution in [0.5, 0.6) is 0 Å². The zero-order chi connectivity index (χ0) is 19.8. The molecular weight excluding hydrogens is 364 g/mol. The number of rotatable bonds is 4. The normalized spacial score (nSPS) is 11.3. The zero-order valence-electron chi connectivity index (χ0n) is 14.8. The first-order valence-corrected chi connectivity index (χ1v) is 9.52. The summed E-state index contributed by atoms with van der Waals surface area (Å²) in [5, 5.41) is 0. The lowest BCUT2D eigenvalue weighted by molar-refractivity contribution is 0.1000. The van der Waals surface area contributed by atoms with Crippen molar-refractivity contribution in [3.05, 3.63) is 65.5 Å². The van der Waals surface area contributed by atoms with Gasteiger partial charge in [0.25, 0.3) is 0 Å². The molecule has 0 saturated carbocycles. The van der Waals surface area contributed by atoms with Gasteiger partial charge in [0.15, 0.2) is 0 Å². The number of hydrogen-bond donors (Lipinski definition) is 2. The highest BCUT2D eigenvalue weighted by Gasteiger charge is 2.21. The fourth-order valence-electron chi connectivity index (χ4n) is 2.74. The van der Waals surface area contributed by atoms with Gasteiger partial charge in [-0.15, -0.1) is 0 Å². The van der Waals surface area contributed by atoms with Gasteiger partial charge in [0, 0.05) is 23.5 Å². The van der Waals surface area contributed by atoms with Gasteiger partial charge in [-0.25, -0.2) is 18.4 Å². The Morgan fingerprint density at radius 1 is 0.963 bits per heavy atom. The number of aromatic nitrogens is 2. The van der Waals surface area contributed by atoms with E-state index in [1.165, 1.54) is 18.2 Å². The van der Waals surface area contributed by atoms with Gasteiger partial charge in [-0.1, -0.05) is 6.07 Å². The molecule has 0 atom stereocenters. The number of anilines is 1. The first-order valence-electron chi connectivity index (χ1n) is 8.03. The van der Waals surface area contributed by atoms with Crippen LogP contribution in [0.1, 0.15) is 21.5 Å². The van der Waals surface area contributed by atoms with Gasteiger partial charge >= 0.3 is 0 Å². The molecule has 0 unspecified atom stereocenters. The Morgan fingerprint density at radius 3 is 2.26 bits per heavy atom. The summed E-state index contributed by atoms with van der Waals surface area (Å²) in [6.07, 6.45) is 3.08. The topological polar surface area (TPSA) is 129 Å². The molecule has 0 fully saturated rings. The quantitative estimate of drug-likeness (QED) is 0.712. The van der Waals surface area contributed by atoms with Crippen LogP contribution in [-0.2, 0) is 9.84 Å². The average Bonchev–Trinajstić information content (AvgIpc) is 2.62. The van der Waals surface area contributed by atoms with Crippen LogP contribution in [0.4, 0.5) is 5.95 Å². The van der Waals surface area contributed by atoms with E-state index in [9.17, 15) is 13.2 Å². The van der Waals surface area contributed by atoms with E-state index in [2.05, 4.69) is 9.97 Å². The number of nitrogen functional groups attached to an aromatic ring is 1. The Balaban J connectivity index is 2.15. The van der Waals surface area contributed by atoms with Crippen molar-refractivity contribution in [1.82, 2.24) is 9.97 Å². The van der Waals surface area contributed by atoms with Crippen LogP contribution in [0.15, 0.2) is 58.6 Å². The molecule has 1 amide bonds. The number of nitrogens with zero attached hydrogens (tertiary/aromatic N) is 2. The van der Waals surface area contributed by atoms with Crippen LogP contribution in [-0.4, -0.2) is 24.3 Å². The van der Waals surface area contributed by atoms with Gasteiger partial charge in [-0.3, -0.25) is 4.79 Å². The highest BCUT2D eigenvalue weighted by molar-refractivity contribution is 7.91. The molecule has 0 bridgehead atoms.